The number of hydrogen-bond acceptors (Lipinski definition) is 3. The van der Waals surface area contributed by atoms with Gasteiger partial charge in [0, 0.05) is 12.2 Å². The number of carbonyl (C=O) groups is 1. The molecule has 1 heterocycles. The summed E-state index contributed by atoms with van der Waals surface area (Å²) in [5.41, 5.74) is 3.68. The molecule has 2 aliphatic rings. The van der Waals surface area contributed by atoms with Gasteiger partial charge in [0.2, 0.25) is 5.91 Å². The molecule has 0 aromatic heterocycles. The van der Waals surface area contributed by atoms with Crippen molar-refractivity contribution in [2.45, 2.75) is 45.1 Å². The number of rotatable bonds is 3. The molecule has 1 N–H and O–H groups in total. The number of benzene rings is 1. The van der Waals surface area contributed by atoms with Crippen molar-refractivity contribution in [3.8, 4) is 6.07 Å². The highest BCUT2D eigenvalue weighted by molar-refractivity contribution is 5.95. The fourth-order valence-electron chi connectivity index (χ4n) is 3.71. The van der Waals surface area contributed by atoms with Crippen LogP contribution >= 0.6 is 0 Å². The molecule has 1 amide bonds. The lowest BCUT2D eigenvalue weighted by atomic mass is 9.91. The summed E-state index contributed by atoms with van der Waals surface area (Å²) in [6.45, 7) is 3.29. The van der Waals surface area contributed by atoms with Crippen molar-refractivity contribution >= 4 is 11.6 Å². The van der Waals surface area contributed by atoms with Crippen molar-refractivity contribution in [3.63, 3.8) is 0 Å². The molecule has 4 heteroatoms. The number of nitriles is 1. The van der Waals surface area contributed by atoms with Crippen molar-refractivity contribution in [3.05, 3.63) is 29.3 Å². The van der Waals surface area contributed by atoms with Crippen molar-refractivity contribution in [2.24, 2.45) is 5.92 Å². The molecule has 3 rings (SSSR count). The van der Waals surface area contributed by atoms with Gasteiger partial charge in [-0.3, -0.25) is 9.69 Å². The molecule has 0 spiro atoms. The van der Waals surface area contributed by atoms with E-state index in [1.807, 2.05) is 11.0 Å². The minimum absolute atomic E-state index is 0.0235. The molecule has 1 aliphatic heterocycles. The molecule has 1 aromatic rings. The lowest BCUT2D eigenvalue weighted by Gasteiger charge is -2.21. The third-order valence-electron chi connectivity index (χ3n) is 4.81. The predicted molar refractivity (Wildman–Crippen MR) is 86.5 cm³/mol. The van der Waals surface area contributed by atoms with Crippen LogP contribution in [0, 0.1) is 17.2 Å². The number of carbonyl (C=O) groups excluding carboxylic acids is 1. The lowest BCUT2D eigenvalue weighted by Crippen LogP contribution is -2.39. The van der Waals surface area contributed by atoms with Crippen molar-refractivity contribution in [1.82, 2.24) is 4.90 Å². The zero-order valence-corrected chi connectivity index (χ0v) is 13.1. The first-order chi connectivity index (χ1) is 10.7. The Kier molecular flexibility index (Phi) is 4.44. The molecule has 1 saturated heterocycles. The first-order valence-corrected chi connectivity index (χ1v) is 8.21. The summed E-state index contributed by atoms with van der Waals surface area (Å²) in [5, 5.41) is 12.0. The third kappa shape index (κ3) is 3.15. The Morgan fingerprint density at radius 2 is 2.14 bits per heavy atom. The summed E-state index contributed by atoms with van der Waals surface area (Å²) in [4.78, 5) is 14.5. The Morgan fingerprint density at radius 3 is 2.91 bits per heavy atom. The number of amides is 1. The van der Waals surface area contributed by atoms with Crippen LogP contribution in [0.4, 0.5) is 5.69 Å². The van der Waals surface area contributed by atoms with E-state index in [1.54, 1.807) is 0 Å². The van der Waals surface area contributed by atoms with E-state index in [0.717, 1.165) is 31.5 Å². The fourth-order valence-corrected chi connectivity index (χ4v) is 3.71. The fraction of sp³-hybridized carbons (Fsp3) is 0.556. The number of nitrogens with zero attached hydrogens (tertiary/aromatic N) is 2. The number of hydrogen-bond donors (Lipinski definition) is 1. The maximum absolute atomic E-state index is 12.6. The Hall–Kier alpha value is -1.86. The highest BCUT2D eigenvalue weighted by Gasteiger charge is 2.34. The van der Waals surface area contributed by atoms with Gasteiger partial charge in [0.15, 0.2) is 0 Å². The smallest absolute Gasteiger partial charge is 0.241 e. The SMILES string of the molecule is C[C@H]1C[C@@H](C(=O)Nc2ccc3c(c2)CCCC3)N(CC#N)C1. The zero-order chi connectivity index (χ0) is 15.5. The predicted octanol–water partition coefficient (Wildman–Crippen LogP) is 2.74. The van der Waals surface area contributed by atoms with Crippen LogP contribution in [0.1, 0.15) is 37.3 Å². The summed E-state index contributed by atoms with van der Waals surface area (Å²) in [6, 6.07) is 8.27. The molecular weight excluding hydrogens is 274 g/mol. The van der Waals surface area contributed by atoms with Crippen LogP contribution in [0.5, 0.6) is 0 Å². The van der Waals surface area contributed by atoms with Crippen LogP contribution in [0.15, 0.2) is 18.2 Å². The molecule has 22 heavy (non-hydrogen) atoms. The van der Waals surface area contributed by atoms with Gasteiger partial charge in [0.1, 0.15) is 0 Å². The van der Waals surface area contributed by atoms with Crippen LogP contribution in [-0.4, -0.2) is 29.9 Å². The van der Waals surface area contributed by atoms with Crippen molar-refractivity contribution in [1.29, 1.82) is 5.26 Å². The summed E-state index contributed by atoms with van der Waals surface area (Å²) in [7, 11) is 0. The van der Waals surface area contributed by atoms with E-state index < -0.39 is 0 Å². The average Bonchev–Trinajstić information content (AvgIpc) is 2.88. The van der Waals surface area contributed by atoms with Gasteiger partial charge < -0.3 is 5.32 Å². The lowest BCUT2D eigenvalue weighted by molar-refractivity contribution is -0.120. The molecule has 0 radical (unpaired) electrons. The van der Waals surface area contributed by atoms with Gasteiger partial charge in [-0.05, 0) is 61.3 Å². The van der Waals surface area contributed by atoms with Crippen LogP contribution in [0.3, 0.4) is 0 Å². The van der Waals surface area contributed by atoms with E-state index in [0.29, 0.717) is 12.5 Å². The first-order valence-electron chi connectivity index (χ1n) is 8.21. The minimum atomic E-state index is -0.175. The Bertz CT molecular complexity index is 605. The number of fused-ring (bicyclic) bond motifs is 1. The van der Waals surface area contributed by atoms with Gasteiger partial charge in [0.25, 0.3) is 0 Å². The van der Waals surface area contributed by atoms with Gasteiger partial charge in [-0.1, -0.05) is 13.0 Å². The Balaban J connectivity index is 1.70. The Morgan fingerprint density at radius 1 is 1.36 bits per heavy atom. The molecule has 0 unspecified atom stereocenters. The van der Waals surface area contributed by atoms with Crippen LogP contribution in [-0.2, 0) is 17.6 Å². The topological polar surface area (TPSA) is 56.1 Å². The van der Waals surface area contributed by atoms with E-state index >= 15 is 0 Å². The Labute approximate surface area is 132 Å². The quantitative estimate of drug-likeness (QED) is 0.873. The van der Waals surface area contributed by atoms with Gasteiger partial charge in [-0.15, -0.1) is 0 Å². The summed E-state index contributed by atoms with van der Waals surface area (Å²) in [5.74, 6) is 0.489. The van der Waals surface area contributed by atoms with E-state index in [2.05, 4.69) is 30.4 Å². The maximum atomic E-state index is 12.6. The zero-order valence-electron chi connectivity index (χ0n) is 13.1. The standard InChI is InChI=1S/C18H23N3O/c1-13-10-17(21(12-13)9-8-19)18(22)20-16-7-6-14-4-2-3-5-15(14)11-16/h6-7,11,13,17H,2-5,9-10,12H2,1H3,(H,20,22)/t13-,17-/m0/s1. The first kappa shape index (κ1) is 15.1. The second kappa shape index (κ2) is 6.50. The van der Waals surface area contributed by atoms with Gasteiger partial charge in [-0.2, -0.15) is 5.26 Å². The molecule has 2 atom stereocenters. The molecule has 116 valence electrons. The molecule has 1 aliphatic carbocycles. The second-order valence-electron chi connectivity index (χ2n) is 6.62. The van der Waals surface area contributed by atoms with E-state index in [1.165, 1.54) is 24.0 Å². The van der Waals surface area contributed by atoms with Gasteiger partial charge >= 0.3 is 0 Å². The summed E-state index contributed by atoms with van der Waals surface area (Å²) < 4.78 is 0. The van der Waals surface area contributed by atoms with Gasteiger partial charge in [0.05, 0.1) is 18.7 Å². The number of likely N-dealkylation sites (tertiary alicyclic amines) is 1. The average molecular weight is 297 g/mol. The third-order valence-corrected chi connectivity index (χ3v) is 4.81. The molecular formula is C18H23N3O. The molecule has 0 saturated carbocycles. The monoisotopic (exact) mass is 297 g/mol. The van der Waals surface area contributed by atoms with Crippen LogP contribution in [0.25, 0.3) is 0 Å². The van der Waals surface area contributed by atoms with Crippen LogP contribution < -0.4 is 5.32 Å². The minimum Gasteiger partial charge on any atom is -0.325 e. The normalized spacial score (nSPS) is 24.5. The largest absolute Gasteiger partial charge is 0.325 e. The summed E-state index contributed by atoms with van der Waals surface area (Å²) >= 11 is 0. The number of anilines is 1. The van der Waals surface area contributed by atoms with Crippen molar-refractivity contribution < 1.29 is 4.79 Å². The summed E-state index contributed by atoms with van der Waals surface area (Å²) in [6.07, 6.45) is 5.60. The highest BCUT2D eigenvalue weighted by Crippen LogP contribution is 2.26. The highest BCUT2D eigenvalue weighted by atomic mass is 16.2. The number of nitrogens with one attached hydrogen (secondary N) is 1. The molecule has 1 fully saturated rings. The van der Waals surface area contributed by atoms with Crippen molar-refractivity contribution in [2.75, 3.05) is 18.4 Å². The molecule has 4 nitrogen and oxygen atoms in total. The van der Waals surface area contributed by atoms with E-state index in [-0.39, 0.29) is 11.9 Å². The van der Waals surface area contributed by atoms with E-state index in [9.17, 15) is 4.79 Å². The van der Waals surface area contributed by atoms with Gasteiger partial charge in [-0.25, -0.2) is 0 Å². The number of aryl methyl sites for hydroxylation is 2. The maximum Gasteiger partial charge on any atom is 0.241 e. The second-order valence-corrected chi connectivity index (χ2v) is 6.62. The molecule has 1 aromatic carbocycles. The van der Waals surface area contributed by atoms with Crippen LogP contribution in [0.2, 0.25) is 0 Å². The van der Waals surface area contributed by atoms with E-state index in [4.69, 9.17) is 5.26 Å². The molecule has 0 bridgehead atoms.